The Morgan fingerprint density at radius 3 is 2.92 bits per heavy atom. The van der Waals surface area contributed by atoms with Gasteiger partial charge in [-0.1, -0.05) is 0 Å². The summed E-state index contributed by atoms with van der Waals surface area (Å²) in [5.41, 5.74) is 0.727. The van der Waals surface area contributed by atoms with Crippen LogP contribution in [-0.2, 0) is 0 Å². The van der Waals surface area contributed by atoms with Gasteiger partial charge in [0, 0.05) is 30.7 Å². The van der Waals surface area contributed by atoms with E-state index < -0.39 is 6.10 Å². The van der Waals surface area contributed by atoms with Crippen LogP contribution in [0.5, 0.6) is 0 Å². The van der Waals surface area contributed by atoms with Gasteiger partial charge < -0.3 is 15.4 Å². The molecule has 72 valence electrons. The summed E-state index contributed by atoms with van der Waals surface area (Å²) in [6.07, 6.45) is -0.582. The minimum Gasteiger partial charge on any atom is -0.396 e. The van der Waals surface area contributed by atoms with Crippen molar-refractivity contribution < 1.29 is 10.2 Å². The van der Waals surface area contributed by atoms with Crippen molar-refractivity contribution in [2.75, 3.05) is 19.7 Å². The van der Waals surface area contributed by atoms with Gasteiger partial charge in [-0.3, -0.25) is 4.99 Å². The van der Waals surface area contributed by atoms with Crippen molar-refractivity contribution in [3.05, 3.63) is 0 Å². The molecule has 3 unspecified atom stereocenters. The van der Waals surface area contributed by atoms with Gasteiger partial charge in [0.2, 0.25) is 0 Å². The number of nitrogens with zero attached hydrogens (tertiary/aromatic N) is 1. The van der Waals surface area contributed by atoms with Crippen LogP contribution in [0.2, 0.25) is 0 Å². The Morgan fingerprint density at radius 1 is 1.69 bits per heavy atom. The van der Waals surface area contributed by atoms with Crippen LogP contribution in [0.25, 0.3) is 0 Å². The summed E-state index contributed by atoms with van der Waals surface area (Å²) < 4.78 is 0. The Labute approximate surface area is 79.5 Å². The van der Waals surface area contributed by atoms with Crippen LogP contribution in [0.15, 0.2) is 4.99 Å². The first kappa shape index (κ1) is 10.7. The van der Waals surface area contributed by atoms with E-state index in [2.05, 4.69) is 10.2 Å². The molecule has 0 fully saturated rings. The van der Waals surface area contributed by atoms with Crippen molar-refractivity contribution >= 4 is 13.7 Å². The van der Waals surface area contributed by atoms with Crippen LogP contribution in [-0.4, -0.2) is 49.7 Å². The maximum atomic E-state index is 9.73. The molecule has 0 aliphatic carbocycles. The van der Waals surface area contributed by atoms with E-state index in [0.717, 1.165) is 5.71 Å². The molecular formula is C8H15BN2O2. The van der Waals surface area contributed by atoms with Gasteiger partial charge in [0.05, 0.1) is 6.10 Å². The summed E-state index contributed by atoms with van der Waals surface area (Å²) >= 11 is 0. The normalized spacial score (nSPS) is 34.4. The van der Waals surface area contributed by atoms with Crippen LogP contribution < -0.4 is 5.23 Å². The Balaban J connectivity index is 2.68. The summed E-state index contributed by atoms with van der Waals surface area (Å²) in [7, 11) is 5.20. The molecule has 4 nitrogen and oxygen atoms in total. The molecule has 2 radical (unpaired) electrons. The highest BCUT2D eigenvalue weighted by molar-refractivity contribution is 6.04. The van der Waals surface area contributed by atoms with Crippen molar-refractivity contribution in [3.8, 4) is 0 Å². The molecule has 1 aliphatic heterocycles. The number of aliphatic imine (C=N–C) groups is 1. The predicted octanol–water partition coefficient (Wildman–Crippen LogP) is -1.28. The lowest BCUT2D eigenvalue weighted by atomic mass is 9.83. The number of nitrogens with one attached hydrogen (secondary N) is 1. The van der Waals surface area contributed by atoms with E-state index in [9.17, 15) is 5.11 Å². The molecule has 13 heavy (non-hydrogen) atoms. The van der Waals surface area contributed by atoms with E-state index in [0.29, 0.717) is 13.1 Å². The number of rotatable bonds is 3. The molecule has 3 N–H and O–H groups in total. The molecule has 0 spiro atoms. The lowest BCUT2D eigenvalue weighted by Crippen LogP contribution is -2.45. The van der Waals surface area contributed by atoms with Gasteiger partial charge >= 0.3 is 0 Å². The number of aliphatic hydroxyl groups is 2. The summed E-state index contributed by atoms with van der Waals surface area (Å²) in [5, 5.41) is 21.3. The highest BCUT2D eigenvalue weighted by Gasteiger charge is 2.32. The third-order valence-electron chi connectivity index (χ3n) is 2.60. The van der Waals surface area contributed by atoms with E-state index in [1.165, 1.54) is 0 Å². The molecular weight excluding hydrogens is 167 g/mol. The SMILES string of the molecule is [B]NCC1C(CO)CN=C(C)C1O. The molecule has 1 aliphatic rings. The van der Waals surface area contributed by atoms with Crippen molar-refractivity contribution in [1.29, 1.82) is 0 Å². The molecule has 0 aromatic heterocycles. The number of hydrogen-bond acceptors (Lipinski definition) is 4. The third kappa shape index (κ3) is 2.30. The monoisotopic (exact) mass is 182 g/mol. The van der Waals surface area contributed by atoms with E-state index in [1.807, 2.05) is 0 Å². The molecule has 0 amide bonds. The Bertz CT molecular complexity index is 199. The largest absolute Gasteiger partial charge is 0.396 e. The first-order valence-corrected chi connectivity index (χ1v) is 4.44. The summed E-state index contributed by atoms with van der Waals surface area (Å²) in [5.74, 6) is -0.0257. The van der Waals surface area contributed by atoms with Gasteiger partial charge in [0.15, 0.2) is 7.98 Å². The second-order valence-corrected chi connectivity index (χ2v) is 3.44. The van der Waals surface area contributed by atoms with Crippen LogP contribution in [0.4, 0.5) is 0 Å². The summed E-state index contributed by atoms with van der Waals surface area (Å²) in [6.45, 7) is 2.91. The average molecular weight is 182 g/mol. The van der Waals surface area contributed by atoms with E-state index in [4.69, 9.17) is 13.1 Å². The van der Waals surface area contributed by atoms with Crippen LogP contribution >= 0.6 is 0 Å². The highest BCUT2D eigenvalue weighted by atomic mass is 16.3. The fourth-order valence-corrected chi connectivity index (χ4v) is 1.67. The van der Waals surface area contributed by atoms with E-state index in [1.54, 1.807) is 6.92 Å². The zero-order valence-electron chi connectivity index (χ0n) is 7.77. The minimum absolute atomic E-state index is 0.00903. The molecule has 0 bridgehead atoms. The standard InChI is InChI=1S/C8H15BN2O2/c1-5-8(13)7(3-11-9)6(4-12)2-10-5/h6-8,11-13H,2-4H2,1H3. The zero-order valence-corrected chi connectivity index (χ0v) is 7.77. The van der Waals surface area contributed by atoms with Gasteiger partial charge in [-0.05, 0) is 13.5 Å². The third-order valence-corrected chi connectivity index (χ3v) is 2.60. The van der Waals surface area contributed by atoms with Gasteiger partial charge in [-0.25, -0.2) is 0 Å². The maximum Gasteiger partial charge on any atom is 0.177 e. The smallest absolute Gasteiger partial charge is 0.177 e. The predicted molar refractivity (Wildman–Crippen MR) is 51.8 cm³/mol. The van der Waals surface area contributed by atoms with Crippen LogP contribution in [0.1, 0.15) is 6.92 Å². The Morgan fingerprint density at radius 2 is 2.38 bits per heavy atom. The van der Waals surface area contributed by atoms with Crippen LogP contribution in [0.3, 0.4) is 0 Å². The van der Waals surface area contributed by atoms with Gasteiger partial charge in [0.25, 0.3) is 0 Å². The van der Waals surface area contributed by atoms with Crippen LogP contribution in [0, 0.1) is 11.8 Å². The van der Waals surface area contributed by atoms with Gasteiger partial charge in [0.1, 0.15) is 0 Å². The molecule has 5 heteroatoms. The fourth-order valence-electron chi connectivity index (χ4n) is 1.67. The summed E-state index contributed by atoms with van der Waals surface area (Å²) in [6, 6.07) is 0. The Hall–Kier alpha value is -0.385. The van der Waals surface area contributed by atoms with Crippen molar-refractivity contribution in [3.63, 3.8) is 0 Å². The molecule has 1 rings (SSSR count). The maximum absolute atomic E-state index is 9.73. The summed E-state index contributed by atoms with van der Waals surface area (Å²) in [4.78, 5) is 4.13. The number of aliphatic hydroxyl groups excluding tert-OH is 2. The second-order valence-electron chi connectivity index (χ2n) is 3.44. The fraction of sp³-hybridized carbons (Fsp3) is 0.875. The molecule has 0 aromatic carbocycles. The molecule has 0 aromatic rings. The number of hydrogen-bond donors (Lipinski definition) is 3. The second kappa shape index (κ2) is 4.74. The van der Waals surface area contributed by atoms with Crippen molar-refractivity contribution in [2.45, 2.75) is 13.0 Å². The lowest BCUT2D eigenvalue weighted by molar-refractivity contribution is 0.0862. The average Bonchev–Trinajstić information content (AvgIpc) is 2.14. The first-order chi connectivity index (χ1) is 6.20. The molecule has 0 saturated heterocycles. The van der Waals surface area contributed by atoms with Gasteiger partial charge in [-0.15, -0.1) is 0 Å². The van der Waals surface area contributed by atoms with E-state index in [-0.39, 0.29) is 18.4 Å². The van der Waals surface area contributed by atoms with E-state index >= 15 is 0 Å². The quantitative estimate of drug-likeness (QED) is 0.476. The topological polar surface area (TPSA) is 64.8 Å². The van der Waals surface area contributed by atoms with Gasteiger partial charge in [-0.2, -0.15) is 0 Å². The van der Waals surface area contributed by atoms with Crippen molar-refractivity contribution in [2.24, 2.45) is 16.8 Å². The molecule has 1 heterocycles. The minimum atomic E-state index is -0.582. The molecule has 3 atom stereocenters. The lowest BCUT2D eigenvalue weighted by Gasteiger charge is -2.32. The Kier molecular flexibility index (Phi) is 3.90. The van der Waals surface area contributed by atoms with Crippen molar-refractivity contribution in [1.82, 2.24) is 5.23 Å². The zero-order chi connectivity index (χ0) is 9.84. The first-order valence-electron chi connectivity index (χ1n) is 4.44. The molecule has 0 saturated carbocycles. The highest BCUT2D eigenvalue weighted by Crippen LogP contribution is 2.21.